The van der Waals surface area contributed by atoms with Crippen molar-refractivity contribution < 1.29 is 14.3 Å². The highest BCUT2D eigenvalue weighted by Crippen LogP contribution is 2.24. The summed E-state index contributed by atoms with van der Waals surface area (Å²) < 4.78 is 4.52. The minimum absolute atomic E-state index is 0.465. The second-order valence-electron chi connectivity index (χ2n) is 1.79. The Balaban J connectivity index is 2.75. The molecule has 0 aromatic heterocycles. The van der Waals surface area contributed by atoms with Gasteiger partial charge in [-0.25, -0.2) is 0 Å². The van der Waals surface area contributed by atoms with Crippen molar-refractivity contribution in [2.24, 2.45) is 0 Å². The topological polar surface area (TPSA) is 49.7 Å². The van der Waals surface area contributed by atoms with Crippen LogP contribution in [0.2, 0.25) is 0 Å². The van der Waals surface area contributed by atoms with Crippen molar-refractivity contribution in [1.82, 2.24) is 0 Å². The summed E-state index contributed by atoms with van der Waals surface area (Å²) in [6.07, 6.45) is 3.12. The first-order valence-electron chi connectivity index (χ1n) is 3.08. The predicted octanol–water partition coefficient (Wildman–Crippen LogP) is 1.40. The van der Waals surface area contributed by atoms with E-state index in [0.717, 1.165) is 19.3 Å². The molecule has 0 saturated carbocycles. The van der Waals surface area contributed by atoms with Crippen LogP contribution < -0.4 is 0 Å². The fourth-order valence-electron chi connectivity index (χ4n) is 0.498. The zero-order valence-electron chi connectivity index (χ0n) is 5.58. The van der Waals surface area contributed by atoms with Gasteiger partial charge in [-0.3, -0.25) is 0 Å². The molecule has 0 radical (unpaired) electrons. The molecule has 0 spiro atoms. The zero-order chi connectivity index (χ0) is 7.11. The van der Waals surface area contributed by atoms with E-state index in [4.69, 9.17) is 9.79 Å². The summed E-state index contributed by atoms with van der Waals surface area (Å²) in [5, 5.41) is 0. The molecule has 0 atom stereocenters. The standard InChI is InChI=1S/C5H13O3P/c1-2-3-4-5-8-9(6)7/h6-7H,2-5H2,1H3. The Labute approximate surface area is 56.7 Å². The second kappa shape index (κ2) is 6.43. The summed E-state index contributed by atoms with van der Waals surface area (Å²) in [4.78, 5) is 16.5. The Morgan fingerprint density at radius 3 is 2.44 bits per heavy atom. The minimum atomic E-state index is -2.12. The highest BCUT2D eigenvalue weighted by Gasteiger charge is 1.95. The van der Waals surface area contributed by atoms with E-state index in [0.29, 0.717) is 6.61 Å². The average Bonchev–Trinajstić information content (AvgIpc) is 1.80. The molecule has 0 aromatic carbocycles. The third-order valence-corrected chi connectivity index (χ3v) is 1.37. The van der Waals surface area contributed by atoms with E-state index in [-0.39, 0.29) is 0 Å². The number of hydrogen-bond acceptors (Lipinski definition) is 3. The molecule has 0 heterocycles. The van der Waals surface area contributed by atoms with Crippen LogP contribution in [0.1, 0.15) is 26.2 Å². The molecule has 0 fully saturated rings. The first kappa shape index (κ1) is 9.31. The lowest BCUT2D eigenvalue weighted by molar-refractivity contribution is 0.249. The molecule has 9 heavy (non-hydrogen) atoms. The lowest BCUT2D eigenvalue weighted by Crippen LogP contribution is -1.87. The van der Waals surface area contributed by atoms with Crippen molar-refractivity contribution in [3.63, 3.8) is 0 Å². The van der Waals surface area contributed by atoms with Crippen LogP contribution >= 0.6 is 8.60 Å². The molecule has 4 heteroatoms. The fraction of sp³-hybridized carbons (Fsp3) is 1.00. The zero-order valence-corrected chi connectivity index (χ0v) is 6.47. The third-order valence-electron chi connectivity index (χ3n) is 0.955. The largest absolute Gasteiger partial charge is 0.328 e. The van der Waals surface area contributed by atoms with Gasteiger partial charge in [-0.15, -0.1) is 0 Å². The summed E-state index contributed by atoms with van der Waals surface area (Å²) in [7, 11) is -2.12. The number of hydrogen-bond donors (Lipinski definition) is 2. The van der Waals surface area contributed by atoms with Gasteiger partial charge in [-0.05, 0) is 6.42 Å². The second-order valence-corrected chi connectivity index (χ2v) is 2.56. The average molecular weight is 152 g/mol. The highest BCUT2D eigenvalue weighted by molar-refractivity contribution is 7.39. The maximum Gasteiger partial charge on any atom is 0.327 e. The molecule has 0 unspecified atom stereocenters. The van der Waals surface area contributed by atoms with Crippen LogP contribution in [0.5, 0.6) is 0 Å². The molecule has 56 valence electrons. The molecule has 0 aliphatic heterocycles. The Morgan fingerprint density at radius 2 is 2.00 bits per heavy atom. The van der Waals surface area contributed by atoms with Crippen molar-refractivity contribution in [3.05, 3.63) is 0 Å². The van der Waals surface area contributed by atoms with E-state index in [1.807, 2.05) is 0 Å². The van der Waals surface area contributed by atoms with Gasteiger partial charge in [-0.2, -0.15) is 0 Å². The van der Waals surface area contributed by atoms with Gasteiger partial charge >= 0.3 is 8.60 Å². The SMILES string of the molecule is CCCCCOP(O)O. The van der Waals surface area contributed by atoms with Gasteiger partial charge in [0.15, 0.2) is 0 Å². The summed E-state index contributed by atoms with van der Waals surface area (Å²) >= 11 is 0. The van der Waals surface area contributed by atoms with Crippen LogP contribution in [0.4, 0.5) is 0 Å². The van der Waals surface area contributed by atoms with Crippen LogP contribution in [-0.4, -0.2) is 16.4 Å². The van der Waals surface area contributed by atoms with Crippen molar-refractivity contribution in [3.8, 4) is 0 Å². The van der Waals surface area contributed by atoms with E-state index < -0.39 is 8.60 Å². The molecule has 0 aliphatic carbocycles. The monoisotopic (exact) mass is 152 g/mol. The smallest absolute Gasteiger partial charge is 0.327 e. The van der Waals surface area contributed by atoms with Crippen molar-refractivity contribution in [2.75, 3.05) is 6.61 Å². The van der Waals surface area contributed by atoms with Crippen molar-refractivity contribution in [1.29, 1.82) is 0 Å². The molecule has 3 nitrogen and oxygen atoms in total. The van der Waals surface area contributed by atoms with Crippen molar-refractivity contribution in [2.45, 2.75) is 26.2 Å². The van der Waals surface area contributed by atoms with E-state index >= 15 is 0 Å². The van der Waals surface area contributed by atoms with Crippen LogP contribution in [0, 0.1) is 0 Å². The Kier molecular flexibility index (Phi) is 6.65. The quantitative estimate of drug-likeness (QED) is 0.462. The molecular formula is C5H13O3P. The van der Waals surface area contributed by atoms with Gasteiger partial charge in [0.2, 0.25) is 0 Å². The van der Waals surface area contributed by atoms with Gasteiger partial charge < -0.3 is 14.3 Å². The van der Waals surface area contributed by atoms with Crippen LogP contribution in [0.3, 0.4) is 0 Å². The van der Waals surface area contributed by atoms with Gasteiger partial charge in [-0.1, -0.05) is 19.8 Å². The summed E-state index contributed by atoms with van der Waals surface area (Å²) in [5.74, 6) is 0. The van der Waals surface area contributed by atoms with E-state index in [1.54, 1.807) is 0 Å². The van der Waals surface area contributed by atoms with Gasteiger partial charge in [0, 0.05) is 0 Å². The molecule has 2 N–H and O–H groups in total. The summed E-state index contributed by atoms with van der Waals surface area (Å²) in [5.41, 5.74) is 0. The molecule has 0 rings (SSSR count). The van der Waals surface area contributed by atoms with Crippen molar-refractivity contribution >= 4 is 8.60 Å². The van der Waals surface area contributed by atoms with E-state index in [1.165, 1.54) is 0 Å². The molecule has 0 aromatic rings. The Hall–Kier alpha value is 0.310. The number of rotatable bonds is 5. The van der Waals surface area contributed by atoms with Gasteiger partial charge in [0.05, 0.1) is 6.61 Å². The van der Waals surface area contributed by atoms with Crippen LogP contribution in [0.15, 0.2) is 0 Å². The summed E-state index contributed by atoms with van der Waals surface area (Å²) in [6, 6.07) is 0. The van der Waals surface area contributed by atoms with Crippen LogP contribution in [0.25, 0.3) is 0 Å². The van der Waals surface area contributed by atoms with Gasteiger partial charge in [0.1, 0.15) is 0 Å². The normalized spacial score (nSPS) is 10.7. The Bertz CT molecular complexity index is 58.2. The lowest BCUT2D eigenvalue weighted by atomic mass is 10.3. The third kappa shape index (κ3) is 8.31. The predicted molar refractivity (Wildman–Crippen MR) is 36.8 cm³/mol. The molecule has 0 saturated heterocycles. The highest BCUT2D eigenvalue weighted by atomic mass is 31.2. The summed E-state index contributed by atoms with van der Waals surface area (Å²) in [6.45, 7) is 2.55. The molecular weight excluding hydrogens is 139 g/mol. The minimum Gasteiger partial charge on any atom is -0.328 e. The lowest BCUT2D eigenvalue weighted by Gasteiger charge is -2.01. The Morgan fingerprint density at radius 1 is 1.33 bits per heavy atom. The maximum absolute atomic E-state index is 8.25. The van der Waals surface area contributed by atoms with Crippen LogP contribution in [-0.2, 0) is 4.52 Å². The first-order valence-corrected chi connectivity index (χ1v) is 4.24. The first-order chi connectivity index (χ1) is 4.27. The molecule has 0 bridgehead atoms. The fourth-order valence-corrected chi connectivity index (χ4v) is 0.791. The van der Waals surface area contributed by atoms with E-state index in [2.05, 4.69) is 11.4 Å². The molecule has 0 aliphatic rings. The van der Waals surface area contributed by atoms with Gasteiger partial charge in [0.25, 0.3) is 0 Å². The number of unbranched alkanes of at least 4 members (excludes halogenated alkanes) is 2. The van der Waals surface area contributed by atoms with E-state index in [9.17, 15) is 0 Å². The molecule has 0 amide bonds. The maximum atomic E-state index is 8.25.